The van der Waals surface area contributed by atoms with E-state index in [0.717, 1.165) is 28.2 Å². The van der Waals surface area contributed by atoms with E-state index in [0.29, 0.717) is 0 Å². The van der Waals surface area contributed by atoms with Crippen LogP contribution in [-0.4, -0.2) is 14.5 Å². The number of benzene rings is 2. The van der Waals surface area contributed by atoms with Gasteiger partial charge in [-0.05, 0) is 48.4 Å². The second-order valence-corrected chi connectivity index (χ2v) is 5.73. The predicted molar refractivity (Wildman–Crippen MR) is 99.0 cm³/mol. The number of fused-ring (bicyclic) bond motifs is 1. The van der Waals surface area contributed by atoms with Crippen molar-refractivity contribution in [2.45, 2.75) is 6.92 Å². The second kappa shape index (κ2) is 6.13. The van der Waals surface area contributed by atoms with Crippen molar-refractivity contribution in [3.63, 3.8) is 0 Å². The largest absolute Gasteiger partial charge is 0.277 e. The van der Waals surface area contributed by atoms with Crippen molar-refractivity contribution in [3.05, 3.63) is 89.9 Å². The van der Waals surface area contributed by atoms with Crippen LogP contribution in [0.25, 0.3) is 29.0 Å². The number of nitrogens with zero attached hydrogens (tertiary/aromatic N) is 3. The van der Waals surface area contributed by atoms with Crippen molar-refractivity contribution in [3.8, 4) is 5.82 Å². The van der Waals surface area contributed by atoms with Crippen LogP contribution in [0.3, 0.4) is 0 Å². The lowest BCUT2D eigenvalue weighted by molar-refractivity contribution is 1.000. The van der Waals surface area contributed by atoms with Gasteiger partial charge in [-0.25, -0.2) is 9.97 Å². The molecule has 0 unspecified atom stereocenters. The Morgan fingerprint density at radius 2 is 1.67 bits per heavy atom. The van der Waals surface area contributed by atoms with Crippen LogP contribution in [-0.2, 0) is 0 Å². The molecule has 0 saturated heterocycles. The third-order valence-electron chi connectivity index (χ3n) is 3.94. The van der Waals surface area contributed by atoms with E-state index in [4.69, 9.17) is 4.98 Å². The maximum Gasteiger partial charge on any atom is 0.139 e. The van der Waals surface area contributed by atoms with Gasteiger partial charge >= 0.3 is 0 Å². The molecule has 0 spiro atoms. The molecule has 0 aliphatic carbocycles. The van der Waals surface area contributed by atoms with Crippen LogP contribution in [0.1, 0.15) is 17.0 Å². The molecular weight excluding hydrogens is 294 g/mol. The molecule has 0 aliphatic rings. The van der Waals surface area contributed by atoms with Crippen LogP contribution < -0.4 is 0 Å². The monoisotopic (exact) mass is 311 g/mol. The van der Waals surface area contributed by atoms with Gasteiger partial charge in [-0.2, -0.15) is 0 Å². The molecule has 3 heteroatoms. The van der Waals surface area contributed by atoms with E-state index in [1.54, 1.807) is 0 Å². The zero-order valence-corrected chi connectivity index (χ0v) is 13.4. The molecule has 3 nitrogen and oxygen atoms in total. The van der Waals surface area contributed by atoms with Gasteiger partial charge in [-0.15, -0.1) is 0 Å². The fourth-order valence-electron chi connectivity index (χ4n) is 2.77. The Kier molecular flexibility index (Phi) is 3.67. The number of imidazole rings is 1. The zero-order chi connectivity index (χ0) is 16.4. The summed E-state index contributed by atoms with van der Waals surface area (Å²) in [7, 11) is 0. The van der Waals surface area contributed by atoms with E-state index < -0.39 is 0 Å². The van der Waals surface area contributed by atoms with Gasteiger partial charge in [0.2, 0.25) is 0 Å². The predicted octanol–water partition coefficient (Wildman–Crippen LogP) is 4.90. The normalized spacial score (nSPS) is 11.4. The van der Waals surface area contributed by atoms with Crippen LogP contribution in [0.4, 0.5) is 0 Å². The van der Waals surface area contributed by atoms with Gasteiger partial charge in [0, 0.05) is 6.20 Å². The van der Waals surface area contributed by atoms with E-state index in [1.807, 2.05) is 54.7 Å². The third kappa shape index (κ3) is 2.72. The summed E-state index contributed by atoms with van der Waals surface area (Å²) < 4.78 is 2.10. The number of hydrogen-bond donors (Lipinski definition) is 0. The molecule has 0 atom stereocenters. The maximum absolute atomic E-state index is 4.77. The molecule has 24 heavy (non-hydrogen) atoms. The maximum atomic E-state index is 4.77. The Morgan fingerprint density at radius 1 is 0.875 bits per heavy atom. The number of aromatic nitrogens is 3. The fraction of sp³-hybridized carbons (Fsp3) is 0.0476. The van der Waals surface area contributed by atoms with E-state index in [9.17, 15) is 0 Å². The van der Waals surface area contributed by atoms with Crippen LogP contribution >= 0.6 is 0 Å². The van der Waals surface area contributed by atoms with Crippen molar-refractivity contribution in [1.29, 1.82) is 0 Å². The van der Waals surface area contributed by atoms with Gasteiger partial charge < -0.3 is 0 Å². The molecule has 4 rings (SSSR count). The van der Waals surface area contributed by atoms with Gasteiger partial charge in [0.15, 0.2) is 0 Å². The number of aryl methyl sites for hydroxylation is 1. The van der Waals surface area contributed by atoms with Crippen molar-refractivity contribution in [2.24, 2.45) is 0 Å². The van der Waals surface area contributed by atoms with Crippen LogP contribution in [0.5, 0.6) is 0 Å². The van der Waals surface area contributed by atoms with Crippen LogP contribution in [0, 0.1) is 6.92 Å². The standard InChI is InChI=1S/C21H17N3/c1-16-13-14-22-21(15-16)24-19-10-6-5-9-18(19)23-20(24)12-11-17-7-3-2-4-8-17/h2-15H,1H3/b12-11+. The average molecular weight is 311 g/mol. The summed E-state index contributed by atoms with van der Waals surface area (Å²) >= 11 is 0. The molecule has 0 saturated carbocycles. The van der Waals surface area contributed by atoms with Crippen molar-refractivity contribution in [1.82, 2.24) is 14.5 Å². The Hall–Kier alpha value is -3.20. The first kappa shape index (κ1) is 14.4. The van der Waals surface area contributed by atoms with Crippen molar-refractivity contribution in [2.75, 3.05) is 0 Å². The molecular formula is C21H17N3. The summed E-state index contributed by atoms with van der Waals surface area (Å²) in [6.45, 7) is 2.07. The van der Waals surface area contributed by atoms with Crippen LogP contribution in [0.2, 0.25) is 0 Å². The number of hydrogen-bond acceptors (Lipinski definition) is 2. The SMILES string of the molecule is Cc1ccnc(-n2c(/C=C/c3ccccc3)nc3ccccc32)c1. The summed E-state index contributed by atoms with van der Waals surface area (Å²) in [6, 6.07) is 22.5. The highest BCUT2D eigenvalue weighted by atomic mass is 15.1. The lowest BCUT2D eigenvalue weighted by atomic mass is 10.2. The lowest BCUT2D eigenvalue weighted by Crippen LogP contribution is -2.00. The molecule has 0 radical (unpaired) electrons. The number of para-hydroxylation sites is 2. The summed E-state index contributed by atoms with van der Waals surface area (Å²) in [6.07, 6.45) is 5.96. The van der Waals surface area contributed by atoms with E-state index in [1.165, 1.54) is 5.56 Å². The minimum Gasteiger partial charge on any atom is -0.277 e. The summed E-state index contributed by atoms with van der Waals surface area (Å²) in [5, 5.41) is 0. The number of pyridine rings is 1. The molecule has 0 bridgehead atoms. The average Bonchev–Trinajstić information content (AvgIpc) is 2.99. The van der Waals surface area contributed by atoms with Gasteiger partial charge in [0.25, 0.3) is 0 Å². The molecule has 2 aromatic carbocycles. The van der Waals surface area contributed by atoms with Crippen LogP contribution in [0.15, 0.2) is 72.9 Å². The minimum absolute atomic E-state index is 0.873. The fourth-order valence-corrected chi connectivity index (χ4v) is 2.77. The van der Waals surface area contributed by atoms with Gasteiger partial charge in [0.1, 0.15) is 11.6 Å². The topological polar surface area (TPSA) is 30.7 Å². The minimum atomic E-state index is 0.873. The summed E-state index contributed by atoms with van der Waals surface area (Å²) in [5.41, 5.74) is 4.35. The lowest BCUT2D eigenvalue weighted by Gasteiger charge is -2.06. The first-order valence-electron chi connectivity index (χ1n) is 7.95. The Morgan fingerprint density at radius 3 is 2.50 bits per heavy atom. The molecule has 4 aromatic rings. The highest BCUT2D eigenvalue weighted by Gasteiger charge is 2.11. The third-order valence-corrected chi connectivity index (χ3v) is 3.94. The second-order valence-electron chi connectivity index (χ2n) is 5.73. The van der Waals surface area contributed by atoms with Gasteiger partial charge in [-0.1, -0.05) is 48.5 Å². The van der Waals surface area contributed by atoms with E-state index in [2.05, 4.69) is 46.8 Å². The molecule has 2 heterocycles. The molecule has 0 N–H and O–H groups in total. The van der Waals surface area contributed by atoms with Crippen molar-refractivity contribution >= 4 is 23.2 Å². The first-order chi connectivity index (χ1) is 11.8. The Bertz CT molecular complexity index is 1010. The summed E-state index contributed by atoms with van der Waals surface area (Å²) in [5.74, 6) is 1.76. The van der Waals surface area contributed by atoms with E-state index >= 15 is 0 Å². The molecule has 0 fully saturated rings. The highest BCUT2D eigenvalue weighted by molar-refractivity contribution is 5.81. The van der Waals surface area contributed by atoms with Crippen molar-refractivity contribution < 1.29 is 0 Å². The zero-order valence-electron chi connectivity index (χ0n) is 13.4. The number of rotatable bonds is 3. The molecule has 116 valence electrons. The Labute approximate surface area is 140 Å². The Balaban J connectivity index is 1.89. The molecule has 0 aliphatic heterocycles. The first-order valence-corrected chi connectivity index (χ1v) is 7.95. The van der Waals surface area contributed by atoms with Gasteiger partial charge in [-0.3, -0.25) is 4.57 Å². The quantitative estimate of drug-likeness (QED) is 0.539. The molecule has 2 aromatic heterocycles. The van der Waals surface area contributed by atoms with Gasteiger partial charge in [0.05, 0.1) is 11.0 Å². The smallest absolute Gasteiger partial charge is 0.139 e. The van der Waals surface area contributed by atoms with E-state index in [-0.39, 0.29) is 0 Å². The summed E-state index contributed by atoms with van der Waals surface area (Å²) in [4.78, 5) is 9.31. The molecule has 0 amide bonds. The highest BCUT2D eigenvalue weighted by Crippen LogP contribution is 2.22.